The van der Waals surface area contributed by atoms with E-state index in [1.807, 2.05) is 6.92 Å². The first-order valence-electron chi connectivity index (χ1n) is 6.85. The molecule has 0 amide bonds. The molecular formula is C14H23NO2. The highest BCUT2D eigenvalue weighted by Gasteiger charge is 2.47. The predicted octanol–water partition coefficient (Wildman–Crippen LogP) is 2.27. The van der Waals surface area contributed by atoms with Crippen LogP contribution in [0.1, 0.15) is 40.0 Å². The van der Waals surface area contributed by atoms with Gasteiger partial charge in [-0.2, -0.15) is 0 Å². The van der Waals surface area contributed by atoms with Crippen molar-refractivity contribution >= 4 is 5.97 Å². The maximum atomic E-state index is 11.8. The molecule has 0 aromatic heterocycles. The topological polar surface area (TPSA) is 48.2 Å². The lowest BCUT2D eigenvalue weighted by Gasteiger charge is -2.25. The summed E-state index contributed by atoms with van der Waals surface area (Å²) in [6, 6.07) is 1.13. The van der Waals surface area contributed by atoms with Gasteiger partial charge in [0.05, 0.1) is 6.61 Å². The molecule has 0 spiro atoms. The number of carbonyl (C=O) groups excluding carboxylic acids is 1. The molecule has 1 fully saturated rings. The minimum Gasteiger partial charge on any atom is -0.463 e. The zero-order chi connectivity index (χ0) is 12.4. The SMILES string of the molecule is CCOC(=O)C1=C[C@H](C(CC)CC)[C@@H]2N[C@@H]2C1. The van der Waals surface area contributed by atoms with E-state index in [0.29, 0.717) is 30.5 Å². The molecule has 17 heavy (non-hydrogen) atoms. The zero-order valence-corrected chi connectivity index (χ0v) is 11.0. The van der Waals surface area contributed by atoms with Crippen molar-refractivity contribution in [1.29, 1.82) is 0 Å². The molecular weight excluding hydrogens is 214 g/mol. The number of hydrogen-bond donors (Lipinski definition) is 1. The number of fused-ring (bicyclic) bond motifs is 1. The highest BCUT2D eigenvalue weighted by atomic mass is 16.5. The lowest BCUT2D eigenvalue weighted by atomic mass is 9.79. The van der Waals surface area contributed by atoms with Crippen LogP contribution in [0.5, 0.6) is 0 Å². The van der Waals surface area contributed by atoms with E-state index < -0.39 is 0 Å². The second-order valence-corrected chi connectivity index (χ2v) is 5.07. The summed E-state index contributed by atoms with van der Waals surface area (Å²) < 4.78 is 5.11. The van der Waals surface area contributed by atoms with Crippen LogP contribution in [0.3, 0.4) is 0 Å². The zero-order valence-electron chi connectivity index (χ0n) is 11.0. The molecule has 3 nitrogen and oxygen atoms in total. The molecule has 1 saturated heterocycles. The van der Waals surface area contributed by atoms with Gasteiger partial charge < -0.3 is 10.1 Å². The summed E-state index contributed by atoms with van der Waals surface area (Å²) in [7, 11) is 0. The van der Waals surface area contributed by atoms with E-state index in [0.717, 1.165) is 12.0 Å². The summed E-state index contributed by atoms with van der Waals surface area (Å²) in [5.74, 6) is 1.08. The third kappa shape index (κ3) is 2.54. The van der Waals surface area contributed by atoms with E-state index in [4.69, 9.17) is 4.74 Å². The largest absolute Gasteiger partial charge is 0.463 e. The van der Waals surface area contributed by atoms with Crippen molar-refractivity contribution in [1.82, 2.24) is 5.32 Å². The average Bonchev–Trinajstić information content (AvgIpc) is 3.09. The van der Waals surface area contributed by atoms with Crippen LogP contribution in [-0.2, 0) is 9.53 Å². The highest BCUT2D eigenvalue weighted by Crippen LogP contribution is 2.39. The Morgan fingerprint density at radius 3 is 2.76 bits per heavy atom. The van der Waals surface area contributed by atoms with E-state index in [1.165, 1.54) is 12.8 Å². The molecule has 96 valence electrons. The van der Waals surface area contributed by atoms with Crippen molar-refractivity contribution < 1.29 is 9.53 Å². The molecule has 2 rings (SSSR count). The molecule has 1 aliphatic carbocycles. The van der Waals surface area contributed by atoms with Crippen LogP contribution < -0.4 is 5.32 Å². The lowest BCUT2D eigenvalue weighted by Crippen LogP contribution is -2.25. The molecule has 0 aromatic rings. The van der Waals surface area contributed by atoms with E-state index in [9.17, 15) is 4.79 Å². The summed E-state index contributed by atoms with van der Waals surface area (Å²) in [5, 5.41) is 3.50. The Bertz CT molecular complexity index is 320. The Balaban J connectivity index is 2.10. The van der Waals surface area contributed by atoms with Crippen LogP contribution in [0.4, 0.5) is 0 Å². The van der Waals surface area contributed by atoms with Crippen molar-refractivity contribution in [2.45, 2.75) is 52.1 Å². The van der Waals surface area contributed by atoms with Crippen LogP contribution >= 0.6 is 0 Å². The van der Waals surface area contributed by atoms with Crippen LogP contribution in [0.25, 0.3) is 0 Å². The van der Waals surface area contributed by atoms with Crippen molar-refractivity contribution in [2.24, 2.45) is 11.8 Å². The molecule has 0 unspecified atom stereocenters. The summed E-state index contributed by atoms with van der Waals surface area (Å²) in [6.07, 6.45) is 5.38. The summed E-state index contributed by atoms with van der Waals surface area (Å²) in [5.41, 5.74) is 0.884. The van der Waals surface area contributed by atoms with Gasteiger partial charge in [0.15, 0.2) is 0 Å². The van der Waals surface area contributed by atoms with Gasteiger partial charge in [-0.25, -0.2) is 4.79 Å². The first kappa shape index (κ1) is 12.6. The summed E-state index contributed by atoms with van der Waals surface area (Å²) in [4.78, 5) is 11.8. The number of carbonyl (C=O) groups is 1. The van der Waals surface area contributed by atoms with Gasteiger partial charge in [-0.3, -0.25) is 0 Å². The van der Waals surface area contributed by atoms with E-state index >= 15 is 0 Å². The molecule has 0 bridgehead atoms. The van der Waals surface area contributed by atoms with Crippen LogP contribution in [0.15, 0.2) is 11.6 Å². The number of esters is 1. The number of rotatable bonds is 5. The Morgan fingerprint density at radius 1 is 1.47 bits per heavy atom. The van der Waals surface area contributed by atoms with E-state index in [-0.39, 0.29) is 5.97 Å². The average molecular weight is 237 g/mol. The molecule has 3 atom stereocenters. The van der Waals surface area contributed by atoms with Gasteiger partial charge in [0.25, 0.3) is 0 Å². The second-order valence-electron chi connectivity index (χ2n) is 5.07. The number of hydrogen-bond acceptors (Lipinski definition) is 3. The number of ether oxygens (including phenoxy) is 1. The second kappa shape index (κ2) is 5.21. The Hall–Kier alpha value is -0.830. The third-order valence-electron chi connectivity index (χ3n) is 4.11. The lowest BCUT2D eigenvalue weighted by molar-refractivity contribution is -0.138. The fourth-order valence-electron chi connectivity index (χ4n) is 3.04. The van der Waals surface area contributed by atoms with Gasteiger partial charge >= 0.3 is 5.97 Å². The van der Waals surface area contributed by atoms with Crippen LogP contribution in [0.2, 0.25) is 0 Å². The number of nitrogens with one attached hydrogen (secondary N) is 1. The van der Waals surface area contributed by atoms with Crippen molar-refractivity contribution in [3.63, 3.8) is 0 Å². The van der Waals surface area contributed by atoms with Gasteiger partial charge in [-0.1, -0.05) is 32.8 Å². The third-order valence-corrected chi connectivity index (χ3v) is 4.11. The normalized spacial score (nSPS) is 30.8. The van der Waals surface area contributed by atoms with Crippen molar-refractivity contribution in [3.05, 3.63) is 11.6 Å². The van der Waals surface area contributed by atoms with Gasteiger partial charge in [-0.15, -0.1) is 0 Å². The van der Waals surface area contributed by atoms with E-state index in [2.05, 4.69) is 25.2 Å². The van der Waals surface area contributed by atoms with Crippen molar-refractivity contribution in [3.8, 4) is 0 Å². The van der Waals surface area contributed by atoms with Gasteiger partial charge in [0, 0.05) is 17.7 Å². The summed E-state index contributed by atoms with van der Waals surface area (Å²) >= 11 is 0. The van der Waals surface area contributed by atoms with Gasteiger partial charge in [0.1, 0.15) is 0 Å². The Labute approximate surface area is 104 Å². The Morgan fingerprint density at radius 2 is 2.18 bits per heavy atom. The first-order valence-corrected chi connectivity index (χ1v) is 6.85. The maximum Gasteiger partial charge on any atom is 0.333 e. The molecule has 0 radical (unpaired) electrons. The minimum absolute atomic E-state index is 0.115. The maximum absolute atomic E-state index is 11.8. The van der Waals surface area contributed by atoms with Crippen LogP contribution in [0, 0.1) is 11.8 Å². The first-order chi connectivity index (χ1) is 8.21. The fourth-order valence-corrected chi connectivity index (χ4v) is 3.04. The van der Waals surface area contributed by atoms with Crippen LogP contribution in [-0.4, -0.2) is 24.7 Å². The van der Waals surface area contributed by atoms with Gasteiger partial charge in [-0.05, 0) is 25.2 Å². The monoisotopic (exact) mass is 237 g/mol. The molecule has 0 saturated carbocycles. The minimum atomic E-state index is -0.115. The van der Waals surface area contributed by atoms with Gasteiger partial charge in [0.2, 0.25) is 0 Å². The molecule has 0 aromatic carbocycles. The van der Waals surface area contributed by atoms with E-state index in [1.54, 1.807) is 0 Å². The van der Waals surface area contributed by atoms with Crippen molar-refractivity contribution in [2.75, 3.05) is 6.61 Å². The molecule has 2 aliphatic rings. The Kier molecular flexibility index (Phi) is 3.87. The summed E-state index contributed by atoms with van der Waals surface area (Å²) in [6.45, 7) is 6.79. The molecule has 1 heterocycles. The standard InChI is InChI=1S/C14H23NO2/c1-4-9(5-2)11-7-10(14(16)17-6-3)8-12-13(11)15-12/h7,9,11-13,15H,4-6,8H2,1-3H3/t11-,12-,13+/m1/s1. The molecule has 1 aliphatic heterocycles. The highest BCUT2D eigenvalue weighted by molar-refractivity contribution is 5.89. The fraction of sp³-hybridized carbons (Fsp3) is 0.786. The smallest absolute Gasteiger partial charge is 0.333 e. The quantitative estimate of drug-likeness (QED) is 0.589. The molecule has 3 heteroatoms. The predicted molar refractivity (Wildman–Crippen MR) is 67.6 cm³/mol. The molecule has 1 N–H and O–H groups in total.